The van der Waals surface area contributed by atoms with Crippen LogP contribution >= 0.6 is 11.6 Å². The first kappa shape index (κ1) is 17.2. The lowest BCUT2D eigenvalue weighted by Crippen LogP contribution is -2.14. The van der Waals surface area contributed by atoms with Crippen molar-refractivity contribution in [1.29, 1.82) is 5.26 Å². The Bertz CT molecular complexity index is 868. The summed E-state index contributed by atoms with van der Waals surface area (Å²) in [5.74, 6) is -0.582. The SMILES string of the molecule is Cc1c(Cl)cccc1NC(=O)/C(C#N)=C/c1ccc([N+](=O)[O-])cc1. The highest BCUT2D eigenvalue weighted by Crippen LogP contribution is 2.23. The summed E-state index contributed by atoms with van der Waals surface area (Å²) in [6.45, 7) is 1.75. The smallest absolute Gasteiger partial charge is 0.269 e. The fourth-order valence-electron chi connectivity index (χ4n) is 1.94. The molecule has 0 bridgehead atoms. The van der Waals surface area contributed by atoms with Crippen molar-refractivity contribution < 1.29 is 9.72 Å². The molecule has 0 aliphatic heterocycles. The third-order valence-corrected chi connectivity index (χ3v) is 3.71. The summed E-state index contributed by atoms with van der Waals surface area (Å²) in [5, 5.41) is 22.9. The molecule has 0 atom stereocenters. The Morgan fingerprint density at radius 2 is 1.96 bits per heavy atom. The first-order valence-corrected chi connectivity index (χ1v) is 7.23. The van der Waals surface area contributed by atoms with E-state index in [4.69, 9.17) is 11.6 Å². The van der Waals surface area contributed by atoms with Gasteiger partial charge in [-0.25, -0.2) is 0 Å². The van der Waals surface area contributed by atoms with Gasteiger partial charge in [-0.2, -0.15) is 5.26 Å². The van der Waals surface area contributed by atoms with E-state index in [1.165, 1.54) is 30.3 Å². The zero-order valence-electron chi connectivity index (χ0n) is 12.6. The topological polar surface area (TPSA) is 96.0 Å². The molecule has 0 aliphatic carbocycles. The lowest BCUT2D eigenvalue weighted by atomic mass is 10.1. The average Bonchev–Trinajstić information content (AvgIpc) is 2.57. The molecule has 2 aromatic carbocycles. The molecule has 0 fully saturated rings. The van der Waals surface area contributed by atoms with Gasteiger partial charge in [0.1, 0.15) is 11.6 Å². The van der Waals surface area contributed by atoms with Crippen molar-refractivity contribution in [2.24, 2.45) is 0 Å². The molecule has 0 radical (unpaired) electrons. The van der Waals surface area contributed by atoms with E-state index >= 15 is 0 Å². The molecule has 24 heavy (non-hydrogen) atoms. The number of anilines is 1. The fourth-order valence-corrected chi connectivity index (χ4v) is 2.11. The molecule has 2 rings (SSSR count). The number of halogens is 1. The minimum atomic E-state index is -0.582. The lowest BCUT2D eigenvalue weighted by molar-refractivity contribution is -0.384. The van der Waals surface area contributed by atoms with Crippen LogP contribution in [0.5, 0.6) is 0 Å². The van der Waals surface area contributed by atoms with Crippen LogP contribution < -0.4 is 5.32 Å². The number of nitrogens with zero attached hydrogens (tertiary/aromatic N) is 2. The van der Waals surface area contributed by atoms with Gasteiger partial charge in [0, 0.05) is 22.8 Å². The Labute approximate surface area is 143 Å². The van der Waals surface area contributed by atoms with Crippen LogP contribution in [0.3, 0.4) is 0 Å². The molecular formula is C17H12ClN3O3. The molecule has 0 unspecified atom stereocenters. The first-order chi connectivity index (χ1) is 11.4. The van der Waals surface area contributed by atoms with E-state index < -0.39 is 10.8 Å². The number of rotatable bonds is 4. The van der Waals surface area contributed by atoms with Crippen LogP contribution in [-0.4, -0.2) is 10.8 Å². The minimum absolute atomic E-state index is 0.0651. The number of benzene rings is 2. The maximum atomic E-state index is 12.2. The van der Waals surface area contributed by atoms with Crippen molar-refractivity contribution in [1.82, 2.24) is 0 Å². The van der Waals surface area contributed by atoms with Crippen molar-refractivity contribution in [3.05, 3.63) is 74.3 Å². The van der Waals surface area contributed by atoms with Gasteiger partial charge in [0.25, 0.3) is 11.6 Å². The predicted octanol–water partition coefficient (Wildman–Crippen LogP) is 4.10. The zero-order chi connectivity index (χ0) is 17.7. The van der Waals surface area contributed by atoms with Crippen LogP contribution in [0.1, 0.15) is 11.1 Å². The number of carbonyl (C=O) groups excluding carboxylic acids is 1. The molecule has 120 valence electrons. The van der Waals surface area contributed by atoms with Crippen LogP contribution in [0, 0.1) is 28.4 Å². The van der Waals surface area contributed by atoms with E-state index in [2.05, 4.69) is 5.32 Å². The van der Waals surface area contributed by atoms with E-state index in [1.54, 1.807) is 25.1 Å². The molecule has 6 nitrogen and oxygen atoms in total. The van der Waals surface area contributed by atoms with Gasteiger partial charge in [0.2, 0.25) is 0 Å². The normalized spacial score (nSPS) is 10.8. The number of nitrogens with one attached hydrogen (secondary N) is 1. The summed E-state index contributed by atoms with van der Waals surface area (Å²) in [5.41, 5.74) is 1.53. The molecule has 0 saturated heterocycles. The third-order valence-electron chi connectivity index (χ3n) is 3.30. The molecule has 0 aromatic heterocycles. The number of hydrogen-bond acceptors (Lipinski definition) is 4. The van der Waals surface area contributed by atoms with Crippen molar-refractivity contribution in [3.63, 3.8) is 0 Å². The largest absolute Gasteiger partial charge is 0.321 e. The van der Waals surface area contributed by atoms with Crippen LogP contribution in [0.2, 0.25) is 5.02 Å². The Hall–Kier alpha value is -3.17. The highest BCUT2D eigenvalue weighted by Gasteiger charge is 2.12. The number of hydrogen-bond donors (Lipinski definition) is 1. The maximum absolute atomic E-state index is 12.2. The number of amides is 1. The lowest BCUT2D eigenvalue weighted by Gasteiger charge is -2.08. The Morgan fingerprint density at radius 3 is 2.54 bits per heavy atom. The van der Waals surface area contributed by atoms with Crippen LogP contribution in [0.4, 0.5) is 11.4 Å². The van der Waals surface area contributed by atoms with Gasteiger partial charge in [-0.3, -0.25) is 14.9 Å². The van der Waals surface area contributed by atoms with Gasteiger partial charge in [0.05, 0.1) is 4.92 Å². The van der Waals surface area contributed by atoms with E-state index in [9.17, 15) is 20.2 Å². The quantitative estimate of drug-likeness (QED) is 0.392. The highest BCUT2D eigenvalue weighted by atomic mass is 35.5. The Kier molecular flexibility index (Phi) is 5.30. The van der Waals surface area contributed by atoms with Crippen molar-refractivity contribution in [2.75, 3.05) is 5.32 Å². The van der Waals surface area contributed by atoms with Crippen LogP contribution in [0.15, 0.2) is 48.0 Å². The van der Waals surface area contributed by atoms with Crippen LogP contribution in [0.25, 0.3) is 6.08 Å². The number of nitro benzene ring substituents is 1. The highest BCUT2D eigenvalue weighted by molar-refractivity contribution is 6.31. The molecule has 0 spiro atoms. The van der Waals surface area contributed by atoms with Gasteiger partial charge >= 0.3 is 0 Å². The molecule has 2 aromatic rings. The molecule has 7 heteroatoms. The van der Waals surface area contributed by atoms with Crippen molar-refractivity contribution in [2.45, 2.75) is 6.92 Å². The summed E-state index contributed by atoms with van der Waals surface area (Å²) in [7, 11) is 0. The summed E-state index contributed by atoms with van der Waals surface area (Å²) < 4.78 is 0. The monoisotopic (exact) mass is 341 g/mol. The molecule has 0 heterocycles. The summed E-state index contributed by atoms with van der Waals surface area (Å²) in [6, 6.07) is 12.4. The number of non-ortho nitro benzene ring substituents is 1. The van der Waals surface area contributed by atoms with E-state index in [0.717, 1.165) is 0 Å². The van der Waals surface area contributed by atoms with Gasteiger partial charge in [-0.05, 0) is 48.4 Å². The fraction of sp³-hybridized carbons (Fsp3) is 0.0588. The maximum Gasteiger partial charge on any atom is 0.269 e. The van der Waals surface area contributed by atoms with Gasteiger partial charge in [-0.15, -0.1) is 0 Å². The minimum Gasteiger partial charge on any atom is -0.321 e. The molecule has 1 N–H and O–H groups in total. The zero-order valence-corrected chi connectivity index (χ0v) is 13.4. The second kappa shape index (κ2) is 7.40. The Morgan fingerprint density at radius 1 is 1.29 bits per heavy atom. The van der Waals surface area contributed by atoms with E-state index in [0.29, 0.717) is 21.8 Å². The molecule has 0 saturated carbocycles. The first-order valence-electron chi connectivity index (χ1n) is 6.85. The second-order valence-corrected chi connectivity index (χ2v) is 5.29. The predicted molar refractivity (Wildman–Crippen MR) is 91.5 cm³/mol. The van der Waals surface area contributed by atoms with Gasteiger partial charge in [0.15, 0.2) is 0 Å². The van der Waals surface area contributed by atoms with Gasteiger partial charge < -0.3 is 5.32 Å². The van der Waals surface area contributed by atoms with E-state index in [1.807, 2.05) is 6.07 Å². The Balaban J connectivity index is 2.24. The molecular weight excluding hydrogens is 330 g/mol. The average molecular weight is 342 g/mol. The van der Waals surface area contributed by atoms with Gasteiger partial charge in [-0.1, -0.05) is 17.7 Å². The summed E-state index contributed by atoms with van der Waals surface area (Å²) in [6.07, 6.45) is 1.36. The van der Waals surface area contributed by atoms with Crippen molar-refractivity contribution >= 4 is 35.0 Å². The second-order valence-electron chi connectivity index (χ2n) is 4.88. The third kappa shape index (κ3) is 3.97. The van der Waals surface area contributed by atoms with Crippen molar-refractivity contribution in [3.8, 4) is 6.07 Å². The number of nitriles is 1. The standard InChI is InChI=1S/C17H12ClN3O3/c1-11-15(18)3-2-4-16(11)20-17(22)13(10-19)9-12-5-7-14(8-6-12)21(23)24/h2-9H,1H3,(H,20,22)/b13-9+. The summed E-state index contributed by atoms with van der Waals surface area (Å²) in [4.78, 5) is 22.3. The van der Waals surface area contributed by atoms with E-state index in [-0.39, 0.29) is 11.3 Å². The number of carbonyl (C=O) groups is 1. The number of nitro groups is 1. The molecule has 1 amide bonds. The molecule has 0 aliphatic rings. The summed E-state index contributed by atoms with van der Waals surface area (Å²) >= 11 is 5.99. The van der Waals surface area contributed by atoms with Crippen LogP contribution in [-0.2, 0) is 4.79 Å².